The van der Waals surface area contributed by atoms with Crippen LogP contribution in [0.2, 0.25) is 0 Å². The number of halogens is 1. The van der Waals surface area contributed by atoms with Crippen LogP contribution < -0.4 is 14.8 Å². The van der Waals surface area contributed by atoms with Crippen molar-refractivity contribution in [2.75, 3.05) is 12.4 Å². The zero-order valence-corrected chi connectivity index (χ0v) is 17.7. The molecule has 0 bridgehead atoms. The second kappa shape index (κ2) is 9.43. The Balaban J connectivity index is 1.69. The second-order valence-electron chi connectivity index (χ2n) is 6.54. The van der Waals surface area contributed by atoms with Crippen LogP contribution in [0, 0.1) is 17.0 Å². The molecule has 3 aromatic rings. The number of anilines is 1. The Labute approximate surface area is 177 Å². The first kappa shape index (κ1) is 20.7. The summed E-state index contributed by atoms with van der Waals surface area (Å²) in [5.41, 5.74) is 4.18. The lowest BCUT2D eigenvalue weighted by Crippen LogP contribution is -2.03. The lowest BCUT2D eigenvalue weighted by Gasteiger charge is -2.15. The average molecular weight is 457 g/mol. The first-order chi connectivity index (χ1) is 14.0. The molecule has 6 nitrogen and oxygen atoms in total. The molecule has 0 fully saturated rings. The molecule has 0 unspecified atom stereocenters. The summed E-state index contributed by atoms with van der Waals surface area (Å²) < 4.78 is 12.2. The van der Waals surface area contributed by atoms with Gasteiger partial charge in [0.05, 0.1) is 16.5 Å². The number of nitrogens with zero attached hydrogens (tertiary/aromatic N) is 1. The molecular weight excluding hydrogens is 436 g/mol. The van der Waals surface area contributed by atoms with Crippen LogP contribution in [0.4, 0.5) is 11.4 Å². The van der Waals surface area contributed by atoms with Crippen LogP contribution in [0.25, 0.3) is 0 Å². The van der Waals surface area contributed by atoms with E-state index < -0.39 is 4.92 Å². The third-order valence-corrected chi connectivity index (χ3v) is 4.96. The Morgan fingerprint density at radius 2 is 1.72 bits per heavy atom. The summed E-state index contributed by atoms with van der Waals surface area (Å²) >= 11 is 3.56. The van der Waals surface area contributed by atoms with Crippen molar-refractivity contribution in [3.63, 3.8) is 0 Å². The highest BCUT2D eigenvalue weighted by Gasteiger charge is 2.13. The first-order valence-corrected chi connectivity index (χ1v) is 9.78. The number of hydrogen-bond donors (Lipinski definition) is 1. The molecule has 150 valence electrons. The molecule has 0 amide bonds. The molecule has 0 saturated carbocycles. The van der Waals surface area contributed by atoms with Crippen LogP contribution in [-0.2, 0) is 13.2 Å². The summed E-state index contributed by atoms with van der Waals surface area (Å²) in [5.74, 6) is 1.20. The third kappa shape index (κ3) is 5.48. The Hall–Kier alpha value is -3.06. The fraction of sp³-hybridized carbons (Fsp3) is 0.182. The summed E-state index contributed by atoms with van der Waals surface area (Å²) in [6.45, 7) is 2.97. The van der Waals surface area contributed by atoms with Crippen molar-refractivity contribution in [3.05, 3.63) is 91.9 Å². The maximum Gasteiger partial charge on any atom is 0.269 e. The van der Waals surface area contributed by atoms with Gasteiger partial charge in [-0.1, -0.05) is 17.7 Å². The molecule has 0 aromatic heterocycles. The Kier molecular flexibility index (Phi) is 6.72. The Morgan fingerprint density at radius 3 is 2.34 bits per heavy atom. The van der Waals surface area contributed by atoms with Gasteiger partial charge in [0.15, 0.2) is 11.5 Å². The highest BCUT2D eigenvalue weighted by Crippen LogP contribution is 2.37. The van der Waals surface area contributed by atoms with Crippen LogP contribution >= 0.6 is 15.9 Å². The standard InChI is InChI=1S/C22H21BrN2O4/c1-15-3-7-18(8-4-15)24-13-17-11-20(23)22(21(12-17)28-2)29-14-16-5-9-19(10-6-16)25(26)27/h3-12,24H,13-14H2,1-2H3. The van der Waals surface area contributed by atoms with Gasteiger partial charge in [0, 0.05) is 24.4 Å². The number of hydrogen-bond acceptors (Lipinski definition) is 5. The molecule has 0 aliphatic rings. The molecule has 0 aliphatic heterocycles. The van der Waals surface area contributed by atoms with Crippen LogP contribution in [-0.4, -0.2) is 12.0 Å². The smallest absolute Gasteiger partial charge is 0.269 e. The SMILES string of the molecule is COc1cc(CNc2ccc(C)cc2)cc(Br)c1OCc1ccc([N+](=O)[O-])cc1. The fourth-order valence-corrected chi connectivity index (χ4v) is 3.36. The molecule has 1 N–H and O–H groups in total. The van der Waals surface area contributed by atoms with Crippen LogP contribution in [0.15, 0.2) is 65.1 Å². The van der Waals surface area contributed by atoms with Gasteiger partial charge >= 0.3 is 0 Å². The first-order valence-electron chi connectivity index (χ1n) is 8.99. The van der Waals surface area contributed by atoms with Crippen molar-refractivity contribution in [1.82, 2.24) is 0 Å². The largest absolute Gasteiger partial charge is 0.493 e. The van der Waals surface area contributed by atoms with Gasteiger partial charge < -0.3 is 14.8 Å². The van der Waals surface area contributed by atoms with Crippen molar-refractivity contribution in [2.45, 2.75) is 20.1 Å². The number of benzene rings is 3. The zero-order chi connectivity index (χ0) is 20.8. The van der Waals surface area contributed by atoms with Gasteiger partial charge in [-0.15, -0.1) is 0 Å². The van der Waals surface area contributed by atoms with E-state index in [0.29, 0.717) is 18.0 Å². The molecule has 0 saturated heterocycles. The lowest BCUT2D eigenvalue weighted by molar-refractivity contribution is -0.384. The highest BCUT2D eigenvalue weighted by molar-refractivity contribution is 9.10. The van der Waals surface area contributed by atoms with Gasteiger partial charge in [0.1, 0.15) is 6.61 Å². The number of ether oxygens (including phenoxy) is 2. The predicted octanol–water partition coefficient (Wildman–Crippen LogP) is 5.87. The normalized spacial score (nSPS) is 10.4. The van der Waals surface area contributed by atoms with Gasteiger partial charge in [-0.3, -0.25) is 10.1 Å². The summed E-state index contributed by atoms with van der Waals surface area (Å²) in [4.78, 5) is 10.3. The minimum absolute atomic E-state index is 0.0536. The van der Waals surface area contributed by atoms with E-state index >= 15 is 0 Å². The molecule has 0 radical (unpaired) electrons. The monoisotopic (exact) mass is 456 g/mol. The molecule has 29 heavy (non-hydrogen) atoms. The van der Waals surface area contributed by atoms with Crippen LogP contribution in [0.3, 0.4) is 0 Å². The third-order valence-electron chi connectivity index (χ3n) is 4.37. The van der Waals surface area contributed by atoms with E-state index in [1.54, 1.807) is 19.2 Å². The number of nitro groups is 1. The van der Waals surface area contributed by atoms with Gasteiger partial charge in [-0.2, -0.15) is 0 Å². The minimum atomic E-state index is -0.423. The molecule has 7 heteroatoms. The van der Waals surface area contributed by atoms with E-state index in [2.05, 4.69) is 40.3 Å². The van der Waals surface area contributed by atoms with Gasteiger partial charge in [-0.25, -0.2) is 0 Å². The predicted molar refractivity (Wildman–Crippen MR) is 117 cm³/mol. The minimum Gasteiger partial charge on any atom is -0.493 e. The van der Waals surface area contributed by atoms with Crippen molar-refractivity contribution in [3.8, 4) is 11.5 Å². The van der Waals surface area contributed by atoms with E-state index in [1.165, 1.54) is 17.7 Å². The summed E-state index contributed by atoms with van der Waals surface area (Å²) in [7, 11) is 1.59. The highest BCUT2D eigenvalue weighted by atomic mass is 79.9. The summed E-state index contributed by atoms with van der Waals surface area (Å²) in [6, 6.07) is 18.4. The molecule has 3 aromatic carbocycles. The van der Waals surface area contributed by atoms with E-state index in [1.807, 2.05) is 24.3 Å². The average Bonchev–Trinajstić information content (AvgIpc) is 2.72. The van der Waals surface area contributed by atoms with Gasteiger partial charge in [0.25, 0.3) is 5.69 Å². The van der Waals surface area contributed by atoms with Gasteiger partial charge in [-0.05, 0) is 70.4 Å². The topological polar surface area (TPSA) is 73.6 Å². The van der Waals surface area contributed by atoms with E-state index in [4.69, 9.17) is 9.47 Å². The number of nitro benzene ring substituents is 1. The number of methoxy groups -OCH3 is 1. The van der Waals surface area contributed by atoms with E-state index in [9.17, 15) is 10.1 Å². The molecule has 3 rings (SSSR count). The van der Waals surface area contributed by atoms with Crippen LogP contribution in [0.1, 0.15) is 16.7 Å². The number of aryl methyl sites for hydroxylation is 1. The van der Waals surface area contributed by atoms with E-state index in [-0.39, 0.29) is 12.3 Å². The number of nitrogens with one attached hydrogen (secondary N) is 1. The maximum absolute atomic E-state index is 10.8. The second-order valence-corrected chi connectivity index (χ2v) is 7.40. The molecular formula is C22H21BrN2O4. The van der Waals surface area contributed by atoms with Crippen molar-refractivity contribution in [2.24, 2.45) is 0 Å². The molecule has 0 spiro atoms. The Morgan fingerprint density at radius 1 is 1.03 bits per heavy atom. The van der Waals surface area contributed by atoms with Gasteiger partial charge in [0.2, 0.25) is 0 Å². The van der Waals surface area contributed by atoms with Crippen molar-refractivity contribution in [1.29, 1.82) is 0 Å². The number of non-ortho nitro benzene ring substituents is 1. The van der Waals surface area contributed by atoms with Crippen molar-refractivity contribution < 1.29 is 14.4 Å². The molecule has 0 heterocycles. The fourth-order valence-electron chi connectivity index (χ4n) is 2.76. The van der Waals surface area contributed by atoms with Crippen LogP contribution in [0.5, 0.6) is 11.5 Å². The van der Waals surface area contributed by atoms with E-state index in [0.717, 1.165) is 21.3 Å². The maximum atomic E-state index is 10.8. The Bertz CT molecular complexity index is 989. The lowest BCUT2D eigenvalue weighted by atomic mass is 10.1. The molecule has 0 atom stereocenters. The number of rotatable bonds is 8. The molecule has 0 aliphatic carbocycles. The van der Waals surface area contributed by atoms with Crippen molar-refractivity contribution >= 4 is 27.3 Å². The quantitative estimate of drug-likeness (QED) is 0.339. The zero-order valence-electron chi connectivity index (χ0n) is 16.1. The summed E-state index contributed by atoms with van der Waals surface area (Å²) in [5, 5.41) is 14.1. The summed E-state index contributed by atoms with van der Waals surface area (Å²) in [6.07, 6.45) is 0.